The number of nitrogens with one attached hydrogen (secondary N) is 1. The highest BCUT2D eigenvalue weighted by atomic mass is 16.5. The van der Waals surface area contributed by atoms with Crippen LogP contribution in [0.1, 0.15) is 13.8 Å². The van der Waals surface area contributed by atoms with E-state index in [1.807, 2.05) is 13.8 Å². The molecule has 0 unspecified atom stereocenters. The van der Waals surface area contributed by atoms with Crippen LogP contribution in [0.2, 0.25) is 0 Å². The van der Waals surface area contributed by atoms with Crippen molar-refractivity contribution in [3.05, 3.63) is 0 Å². The van der Waals surface area contributed by atoms with Crippen LogP contribution in [0.25, 0.3) is 0 Å². The molecule has 13 heavy (non-hydrogen) atoms. The quantitative estimate of drug-likeness (QED) is 0.393. The molecule has 0 aliphatic carbocycles. The summed E-state index contributed by atoms with van der Waals surface area (Å²) in [6.07, 6.45) is 5.04. The number of nitrogens with zero attached hydrogens (tertiary/aromatic N) is 1. The fourth-order valence-electron chi connectivity index (χ4n) is 1.11. The Morgan fingerprint density at radius 2 is 2.00 bits per heavy atom. The third-order valence-electron chi connectivity index (χ3n) is 1.76. The molecule has 0 radical (unpaired) electrons. The first-order chi connectivity index (χ1) is 6.43. The van der Waals surface area contributed by atoms with E-state index in [0.29, 0.717) is 0 Å². The van der Waals surface area contributed by atoms with Crippen molar-refractivity contribution in [2.45, 2.75) is 13.8 Å². The average Bonchev–Trinajstić information content (AvgIpc) is 2.23. The smallest absolute Gasteiger partial charge is 0.0594 e. The monoisotopic (exact) mass is 184 g/mol. The van der Waals surface area contributed by atoms with Gasteiger partial charge in [0.05, 0.1) is 13.2 Å². The maximum Gasteiger partial charge on any atom is 0.0594 e. The summed E-state index contributed by atoms with van der Waals surface area (Å²) in [7, 11) is 0. The van der Waals surface area contributed by atoms with Gasteiger partial charge in [-0.1, -0.05) is 20.3 Å². The fraction of sp³-hybridized carbons (Fsp3) is 0.800. The van der Waals surface area contributed by atoms with Gasteiger partial charge >= 0.3 is 0 Å². The first kappa shape index (κ1) is 12.3. The van der Waals surface area contributed by atoms with E-state index in [1.165, 1.54) is 0 Å². The molecule has 76 valence electrons. The van der Waals surface area contributed by atoms with Gasteiger partial charge in [-0.2, -0.15) is 0 Å². The van der Waals surface area contributed by atoms with E-state index >= 15 is 0 Å². The second-order valence-electron chi connectivity index (χ2n) is 2.53. The van der Waals surface area contributed by atoms with Crippen LogP contribution < -0.4 is 5.32 Å². The lowest BCUT2D eigenvalue weighted by atomic mass is 10.4. The zero-order chi connectivity index (χ0) is 9.94. The molecular formula is C10H20N2O. The fourth-order valence-corrected chi connectivity index (χ4v) is 1.11. The van der Waals surface area contributed by atoms with Gasteiger partial charge in [0.1, 0.15) is 0 Å². The molecule has 0 aromatic rings. The molecule has 1 N–H and O–H groups in total. The molecule has 0 spiro atoms. The van der Waals surface area contributed by atoms with Crippen LogP contribution in [0.5, 0.6) is 0 Å². The molecule has 1 aliphatic rings. The third kappa shape index (κ3) is 6.44. The largest absolute Gasteiger partial charge is 0.379 e. The summed E-state index contributed by atoms with van der Waals surface area (Å²) in [5.41, 5.74) is 0. The zero-order valence-corrected chi connectivity index (χ0v) is 8.68. The molecule has 1 saturated heterocycles. The maximum absolute atomic E-state index is 5.20. The summed E-state index contributed by atoms with van der Waals surface area (Å²) in [6, 6.07) is 2.40. The molecule has 3 nitrogen and oxygen atoms in total. The lowest BCUT2D eigenvalue weighted by Gasteiger charge is -2.26. The van der Waals surface area contributed by atoms with Gasteiger partial charge in [0.15, 0.2) is 0 Å². The van der Waals surface area contributed by atoms with Gasteiger partial charge in [0, 0.05) is 32.2 Å². The van der Waals surface area contributed by atoms with E-state index in [4.69, 9.17) is 11.2 Å². The highest BCUT2D eigenvalue weighted by Gasteiger charge is 2.08. The summed E-state index contributed by atoms with van der Waals surface area (Å²) in [4.78, 5) is 2.34. The first-order valence-electron chi connectivity index (χ1n) is 4.92. The predicted molar refractivity (Wildman–Crippen MR) is 55.4 cm³/mol. The molecule has 0 atom stereocenters. The topological polar surface area (TPSA) is 24.5 Å². The normalized spacial score (nSPS) is 16.7. The summed E-state index contributed by atoms with van der Waals surface area (Å²) < 4.78 is 5.20. The minimum absolute atomic E-state index is 0.857. The summed E-state index contributed by atoms with van der Waals surface area (Å²) >= 11 is 0. The molecule has 0 aromatic carbocycles. The van der Waals surface area contributed by atoms with Crippen molar-refractivity contribution in [2.75, 3.05) is 39.4 Å². The van der Waals surface area contributed by atoms with E-state index in [9.17, 15) is 0 Å². The van der Waals surface area contributed by atoms with Crippen molar-refractivity contribution >= 4 is 0 Å². The lowest BCUT2D eigenvalue weighted by Crippen LogP contribution is -2.39. The van der Waals surface area contributed by atoms with Gasteiger partial charge in [-0.15, -0.1) is 0 Å². The summed E-state index contributed by atoms with van der Waals surface area (Å²) in [6.45, 7) is 9.68. The maximum atomic E-state index is 5.20. The summed E-state index contributed by atoms with van der Waals surface area (Å²) in [5.74, 6) is 0. The third-order valence-corrected chi connectivity index (χ3v) is 1.76. The van der Waals surface area contributed by atoms with Crippen LogP contribution in [0.15, 0.2) is 0 Å². The molecule has 0 amide bonds. The Balaban J connectivity index is 0.000000671. The number of terminal acetylenes is 1. The Hall–Kier alpha value is -0.720. The highest BCUT2D eigenvalue weighted by Crippen LogP contribution is 1.94. The summed E-state index contributed by atoms with van der Waals surface area (Å²) in [5, 5.41) is 2.84. The predicted octanol–water partition coefficient (Wildman–Crippen LogP) is 0.525. The number of hydrogen-bond acceptors (Lipinski definition) is 3. The van der Waals surface area contributed by atoms with Crippen LogP contribution in [0.3, 0.4) is 0 Å². The number of ether oxygens (including phenoxy) is 1. The van der Waals surface area contributed by atoms with Crippen LogP contribution in [0, 0.1) is 12.5 Å². The van der Waals surface area contributed by atoms with E-state index in [2.05, 4.69) is 16.3 Å². The molecule has 1 heterocycles. The Morgan fingerprint density at radius 3 is 2.54 bits per heavy atom. The second-order valence-corrected chi connectivity index (χ2v) is 2.53. The van der Waals surface area contributed by atoms with Gasteiger partial charge in [-0.05, 0) is 0 Å². The number of morpholine rings is 1. The van der Waals surface area contributed by atoms with Crippen molar-refractivity contribution in [3.8, 4) is 12.5 Å². The molecule has 0 aromatic heterocycles. The minimum Gasteiger partial charge on any atom is -0.379 e. The van der Waals surface area contributed by atoms with Gasteiger partial charge in [0.25, 0.3) is 0 Å². The van der Waals surface area contributed by atoms with Gasteiger partial charge in [-0.25, -0.2) is 0 Å². The zero-order valence-electron chi connectivity index (χ0n) is 8.68. The molecular weight excluding hydrogens is 164 g/mol. The van der Waals surface area contributed by atoms with E-state index in [0.717, 1.165) is 39.4 Å². The van der Waals surface area contributed by atoms with E-state index in [-0.39, 0.29) is 0 Å². The van der Waals surface area contributed by atoms with E-state index < -0.39 is 0 Å². The van der Waals surface area contributed by atoms with Crippen LogP contribution >= 0.6 is 0 Å². The standard InChI is InChI=1S/C8H14N2O.C2H6/c1-2-9-3-4-10-5-7-11-8-6-10;1-2/h1,9H,3-8H2;1-2H3. The van der Waals surface area contributed by atoms with Crippen molar-refractivity contribution in [2.24, 2.45) is 0 Å². The molecule has 3 heteroatoms. The molecule has 1 fully saturated rings. The van der Waals surface area contributed by atoms with Gasteiger partial charge in [0.2, 0.25) is 0 Å². The molecule has 1 rings (SSSR count). The first-order valence-corrected chi connectivity index (χ1v) is 4.92. The van der Waals surface area contributed by atoms with Crippen molar-refractivity contribution < 1.29 is 4.74 Å². The number of rotatable bonds is 3. The van der Waals surface area contributed by atoms with Crippen molar-refractivity contribution in [1.82, 2.24) is 10.2 Å². The molecule has 1 aliphatic heterocycles. The highest BCUT2D eigenvalue weighted by molar-refractivity contribution is 4.80. The van der Waals surface area contributed by atoms with Crippen molar-refractivity contribution in [1.29, 1.82) is 0 Å². The number of hydrogen-bond donors (Lipinski definition) is 1. The second kappa shape index (κ2) is 9.37. The Bertz CT molecular complexity index is 136. The average molecular weight is 184 g/mol. The SMILES string of the molecule is C#CNCCN1CCOCC1.CC. The Kier molecular flexibility index (Phi) is 8.85. The van der Waals surface area contributed by atoms with Gasteiger partial charge < -0.3 is 10.1 Å². The lowest BCUT2D eigenvalue weighted by molar-refractivity contribution is 0.0388. The Labute approximate surface area is 81.4 Å². The molecule has 0 saturated carbocycles. The van der Waals surface area contributed by atoms with Crippen LogP contribution in [-0.2, 0) is 4.74 Å². The van der Waals surface area contributed by atoms with Crippen LogP contribution in [-0.4, -0.2) is 44.3 Å². The minimum atomic E-state index is 0.857. The van der Waals surface area contributed by atoms with E-state index in [1.54, 1.807) is 0 Å². The molecule has 0 bridgehead atoms. The van der Waals surface area contributed by atoms with Gasteiger partial charge in [-0.3, -0.25) is 4.90 Å². The Morgan fingerprint density at radius 1 is 1.38 bits per heavy atom. The van der Waals surface area contributed by atoms with Crippen molar-refractivity contribution in [3.63, 3.8) is 0 Å². The van der Waals surface area contributed by atoms with Crippen LogP contribution in [0.4, 0.5) is 0 Å².